The number of carbonyl (C=O) groups is 1. The van der Waals surface area contributed by atoms with Gasteiger partial charge in [-0.15, -0.1) is 0 Å². The van der Waals surface area contributed by atoms with Crippen molar-refractivity contribution >= 4 is 33.2 Å². The Kier molecular flexibility index (Phi) is 7.10. The van der Waals surface area contributed by atoms with E-state index in [0.717, 1.165) is 6.07 Å². The van der Waals surface area contributed by atoms with E-state index in [0.29, 0.717) is 10.6 Å². The number of hydrogen-bond donors (Lipinski definition) is 2. The van der Waals surface area contributed by atoms with E-state index < -0.39 is 21.7 Å². The van der Waals surface area contributed by atoms with E-state index in [1.807, 2.05) is 0 Å². The summed E-state index contributed by atoms with van der Waals surface area (Å²) >= 11 is 6.06. The van der Waals surface area contributed by atoms with Crippen LogP contribution in [0.5, 0.6) is 5.75 Å². The Labute approximate surface area is 189 Å². The molecule has 3 rings (SSSR count). The molecule has 0 radical (unpaired) electrons. The summed E-state index contributed by atoms with van der Waals surface area (Å²) in [5.41, 5.74) is 0.868. The molecule has 7 nitrogen and oxygen atoms in total. The van der Waals surface area contributed by atoms with Crippen molar-refractivity contribution in [3.05, 3.63) is 88.2 Å². The molecule has 3 aromatic carbocycles. The van der Waals surface area contributed by atoms with Gasteiger partial charge in [-0.2, -0.15) is 5.26 Å². The van der Waals surface area contributed by atoms with Crippen molar-refractivity contribution in [1.82, 2.24) is 0 Å². The lowest BCUT2D eigenvalue weighted by atomic mass is 10.1. The van der Waals surface area contributed by atoms with Gasteiger partial charge in [-0.3, -0.25) is 4.79 Å². The number of benzene rings is 3. The Morgan fingerprint density at radius 1 is 1.12 bits per heavy atom. The highest BCUT2D eigenvalue weighted by molar-refractivity contribution is 7.89. The van der Waals surface area contributed by atoms with Gasteiger partial charge < -0.3 is 10.1 Å². The Balaban J connectivity index is 1.78. The van der Waals surface area contributed by atoms with Crippen molar-refractivity contribution in [2.75, 3.05) is 5.32 Å². The summed E-state index contributed by atoms with van der Waals surface area (Å²) in [7, 11) is -4.15. The molecule has 0 saturated carbocycles. The predicted octanol–water partition coefficient (Wildman–Crippen LogP) is 3.76. The second kappa shape index (κ2) is 9.78. The molecule has 10 heteroatoms. The standard InChI is InChI=1S/C22H17ClFN3O4S/c23-19-4-2-1-3-14(19)10-22(28)27-17-6-5-15(21(11-17)32(26,29)30)13-31-18-7-8-20(24)16(9-18)12-25/h1-9,11H,10,13H2,(H,27,28)(H2,26,29,30). The Morgan fingerprint density at radius 2 is 1.88 bits per heavy atom. The molecule has 0 unspecified atom stereocenters. The molecule has 0 atom stereocenters. The maximum absolute atomic E-state index is 13.4. The average Bonchev–Trinajstić information content (AvgIpc) is 2.74. The Hall–Kier alpha value is -3.45. The van der Waals surface area contributed by atoms with Crippen LogP contribution in [0.15, 0.2) is 65.6 Å². The zero-order chi connectivity index (χ0) is 23.3. The van der Waals surface area contributed by atoms with Gasteiger partial charge in [-0.1, -0.05) is 35.9 Å². The third-order valence-corrected chi connectivity index (χ3v) is 5.78. The first-order valence-electron chi connectivity index (χ1n) is 9.19. The minimum Gasteiger partial charge on any atom is -0.489 e. The first-order chi connectivity index (χ1) is 15.2. The average molecular weight is 474 g/mol. The maximum atomic E-state index is 13.4. The van der Waals surface area contributed by atoms with Crippen LogP contribution in [0.1, 0.15) is 16.7 Å². The van der Waals surface area contributed by atoms with Crippen molar-refractivity contribution in [3.63, 3.8) is 0 Å². The van der Waals surface area contributed by atoms with E-state index >= 15 is 0 Å². The smallest absolute Gasteiger partial charge is 0.238 e. The number of anilines is 1. The molecule has 0 bridgehead atoms. The molecule has 0 saturated heterocycles. The number of rotatable bonds is 7. The van der Waals surface area contributed by atoms with Crippen LogP contribution in [-0.4, -0.2) is 14.3 Å². The summed E-state index contributed by atoms with van der Waals surface area (Å²) in [5, 5.41) is 17.3. The largest absolute Gasteiger partial charge is 0.489 e. The third kappa shape index (κ3) is 5.82. The van der Waals surface area contributed by atoms with Gasteiger partial charge in [0.2, 0.25) is 15.9 Å². The van der Waals surface area contributed by atoms with E-state index in [4.69, 9.17) is 26.7 Å². The van der Waals surface area contributed by atoms with Crippen LogP contribution in [-0.2, 0) is 27.8 Å². The van der Waals surface area contributed by atoms with Crippen LogP contribution in [0.4, 0.5) is 10.1 Å². The fraction of sp³-hybridized carbons (Fsp3) is 0.0909. The highest BCUT2D eigenvalue weighted by Crippen LogP contribution is 2.24. The van der Waals surface area contributed by atoms with Crippen LogP contribution in [0.25, 0.3) is 0 Å². The second-order valence-electron chi connectivity index (χ2n) is 6.73. The predicted molar refractivity (Wildman–Crippen MR) is 117 cm³/mol. The molecule has 0 aliphatic heterocycles. The third-order valence-electron chi connectivity index (χ3n) is 4.42. The van der Waals surface area contributed by atoms with Crippen LogP contribution in [0.2, 0.25) is 5.02 Å². The van der Waals surface area contributed by atoms with Gasteiger partial charge in [-0.05, 0) is 35.9 Å². The second-order valence-corrected chi connectivity index (χ2v) is 8.66. The minimum atomic E-state index is -4.15. The fourth-order valence-electron chi connectivity index (χ4n) is 2.88. The van der Waals surface area contributed by atoms with Gasteiger partial charge in [0.15, 0.2) is 0 Å². The maximum Gasteiger partial charge on any atom is 0.238 e. The number of ether oxygens (including phenoxy) is 1. The lowest BCUT2D eigenvalue weighted by Gasteiger charge is -2.13. The van der Waals surface area contributed by atoms with E-state index in [1.54, 1.807) is 30.3 Å². The summed E-state index contributed by atoms with van der Waals surface area (Å²) in [6, 6.07) is 16.3. The molecule has 0 spiro atoms. The quantitative estimate of drug-likeness (QED) is 0.541. The summed E-state index contributed by atoms with van der Waals surface area (Å²) in [6.45, 7) is -0.212. The number of carbonyl (C=O) groups excluding carboxylic acids is 1. The molecule has 32 heavy (non-hydrogen) atoms. The van der Waals surface area contributed by atoms with Gasteiger partial charge in [0.1, 0.15) is 24.2 Å². The lowest BCUT2D eigenvalue weighted by molar-refractivity contribution is -0.115. The van der Waals surface area contributed by atoms with Crippen molar-refractivity contribution in [1.29, 1.82) is 5.26 Å². The molecule has 0 aromatic heterocycles. The van der Waals surface area contributed by atoms with Gasteiger partial charge >= 0.3 is 0 Å². The Bertz CT molecular complexity index is 1320. The summed E-state index contributed by atoms with van der Waals surface area (Å²) in [4.78, 5) is 12.1. The molecule has 0 fully saturated rings. The zero-order valence-corrected chi connectivity index (χ0v) is 18.1. The number of primary sulfonamides is 1. The molecule has 1 amide bonds. The van der Waals surface area contributed by atoms with Crippen molar-refractivity contribution in [3.8, 4) is 11.8 Å². The van der Waals surface area contributed by atoms with Crippen molar-refractivity contribution in [2.45, 2.75) is 17.9 Å². The van der Waals surface area contributed by atoms with E-state index in [9.17, 15) is 17.6 Å². The molecule has 0 heterocycles. The summed E-state index contributed by atoms with van der Waals surface area (Å²) in [6.07, 6.45) is 0.00103. The van der Waals surface area contributed by atoms with Crippen LogP contribution >= 0.6 is 11.6 Å². The molecular weight excluding hydrogens is 457 g/mol. The first-order valence-corrected chi connectivity index (χ1v) is 11.1. The van der Waals surface area contributed by atoms with E-state index in [2.05, 4.69) is 5.32 Å². The Morgan fingerprint density at radius 3 is 2.56 bits per heavy atom. The van der Waals surface area contributed by atoms with Gasteiger partial charge in [0, 0.05) is 22.3 Å². The molecule has 164 valence electrons. The number of halogens is 2. The number of amides is 1. The summed E-state index contributed by atoms with van der Waals surface area (Å²) in [5.74, 6) is -0.903. The van der Waals surface area contributed by atoms with E-state index in [1.165, 1.54) is 30.3 Å². The number of nitrogens with zero attached hydrogens (tertiary/aromatic N) is 1. The number of nitrogens with one attached hydrogen (secondary N) is 1. The van der Waals surface area contributed by atoms with Gasteiger partial charge in [0.05, 0.1) is 16.9 Å². The first kappa shape index (κ1) is 23.2. The van der Waals surface area contributed by atoms with Crippen LogP contribution in [0.3, 0.4) is 0 Å². The van der Waals surface area contributed by atoms with Crippen molar-refractivity contribution < 1.29 is 22.3 Å². The molecule has 3 aromatic rings. The van der Waals surface area contributed by atoms with Crippen molar-refractivity contribution in [2.24, 2.45) is 5.14 Å². The normalized spacial score (nSPS) is 10.9. The summed E-state index contributed by atoms with van der Waals surface area (Å²) < 4.78 is 43.1. The fourth-order valence-corrected chi connectivity index (χ4v) is 3.86. The molecular formula is C22H17ClFN3O4S. The molecule has 0 aliphatic carbocycles. The number of hydrogen-bond acceptors (Lipinski definition) is 5. The number of sulfonamides is 1. The number of nitrogens with two attached hydrogens (primary N) is 1. The zero-order valence-electron chi connectivity index (χ0n) is 16.5. The SMILES string of the molecule is N#Cc1cc(OCc2ccc(NC(=O)Cc3ccccc3Cl)cc2S(N)(=O)=O)ccc1F. The number of nitriles is 1. The minimum absolute atomic E-state index is 0.00103. The van der Waals surface area contributed by atoms with Gasteiger partial charge in [-0.25, -0.2) is 17.9 Å². The highest BCUT2D eigenvalue weighted by Gasteiger charge is 2.17. The van der Waals surface area contributed by atoms with Crippen LogP contribution in [0, 0.1) is 17.1 Å². The van der Waals surface area contributed by atoms with Gasteiger partial charge in [0.25, 0.3) is 0 Å². The van der Waals surface area contributed by atoms with E-state index in [-0.39, 0.29) is 40.5 Å². The topological polar surface area (TPSA) is 122 Å². The highest BCUT2D eigenvalue weighted by atomic mass is 35.5. The monoisotopic (exact) mass is 473 g/mol. The van der Waals surface area contributed by atoms with Crippen LogP contribution < -0.4 is 15.2 Å². The molecule has 0 aliphatic rings. The lowest BCUT2D eigenvalue weighted by Crippen LogP contribution is -2.18. The molecule has 3 N–H and O–H groups in total.